The Bertz CT molecular complexity index is 2290. The van der Waals surface area contributed by atoms with Gasteiger partial charge in [-0.15, -0.1) is 11.3 Å². The van der Waals surface area contributed by atoms with Crippen LogP contribution in [-0.4, -0.2) is 120 Å². The molecule has 2 unspecified atom stereocenters. The number of pyridine rings is 1. The van der Waals surface area contributed by atoms with Crippen molar-refractivity contribution in [2.45, 2.75) is 84.5 Å². The van der Waals surface area contributed by atoms with E-state index in [2.05, 4.69) is 43.0 Å². The monoisotopic (exact) mass is 869 g/mol. The summed E-state index contributed by atoms with van der Waals surface area (Å²) in [5.74, 6) is -1.19. The van der Waals surface area contributed by atoms with E-state index in [0.29, 0.717) is 45.8 Å². The number of aliphatic hydroxyl groups excluding tert-OH is 1. The normalized spacial score (nSPS) is 16.4. The van der Waals surface area contributed by atoms with Gasteiger partial charge in [-0.3, -0.25) is 24.2 Å². The highest BCUT2D eigenvalue weighted by atomic mass is 32.1. The Labute approximate surface area is 366 Å². The van der Waals surface area contributed by atoms with Crippen LogP contribution in [0.25, 0.3) is 32.2 Å². The highest BCUT2D eigenvalue weighted by Gasteiger charge is 2.44. The number of thiazole rings is 1. The van der Waals surface area contributed by atoms with Gasteiger partial charge in [0.1, 0.15) is 12.1 Å². The zero-order chi connectivity index (χ0) is 44.2. The maximum atomic E-state index is 14.0. The molecule has 2 aromatic carbocycles. The van der Waals surface area contributed by atoms with Crippen molar-refractivity contribution in [2.75, 3.05) is 52.7 Å². The maximum Gasteiger partial charge on any atom is 0.246 e. The van der Waals surface area contributed by atoms with Crippen molar-refractivity contribution in [2.24, 2.45) is 5.41 Å². The van der Waals surface area contributed by atoms with Crippen molar-refractivity contribution in [1.82, 2.24) is 35.8 Å². The summed E-state index contributed by atoms with van der Waals surface area (Å²) in [4.78, 5) is 67.4. The largest absolute Gasteiger partial charge is 0.391 e. The van der Waals surface area contributed by atoms with E-state index in [1.165, 1.54) is 4.90 Å². The number of β-amino-alcohol motifs (C(OH)–C–C–N with tert-alkyl or cyclic N) is 1. The third kappa shape index (κ3) is 12.4. The van der Waals surface area contributed by atoms with Gasteiger partial charge in [0.05, 0.1) is 67.9 Å². The minimum Gasteiger partial charge on any atom is -0.391 e. The Hall–Kier alpha value is -5.26. The molecule has 4 heterocycles. The molecule has 6 rings (SSSR count). The molecular formula is C46H59N7O8S. The zero-order valence-electron chi connectivity index (χ0n) is 36.2. The summed E-state index contributed by atoms with van der Waals surface area (Å²) in [6.45, 7) is 11.6. The fraction of sp³-hybridized carbons (Fsp3) is 0.478. The van der Waals surface area contributed by atoms with E-state index in [9.17, 15) is 24.3 Å². The number of aliphatic hydroxyl groups is 1. The van der Waals surface area contributed by atoms with Crippen LogP contribution in [0.3, 0.4) is 0 Å². The molecule has 1 aliphatic rings. The molecule has 1 saturated heterocycles. The first-order chi connectivity index (χ1) is 29.8. The van der Waals surface area contributed by atoms with Crippen molar-refractivity contribution in [1.29, 1.82) is 0 Å². The number of likely N-dealkylation sites (tertiary alicyclic amines) is 1. The molecule has 5 aromatic rings. The molecule has 0 radical (unpaired) electrons. The predicted molar refractivity (Wildman–Crippen MR) is 238 cm³/mol. The summed E-state index contributed by atoms with van der Waals surface area (Å²) >= 11 is 1.57. The van der Waals surface area contributed by atoms with Gasteiger partial charge >= 0.3 is 0 Å². The number of ether oxygens (including phenoxy) is 3. The Morgan fingerprint density at radius 2 is 1.63 bits per heavy atom. The second kappa shape index (κ2) is 21.7. The summed E-state index contributed by atoms with van der Waals surface area (Å²) in [7, 11) is 0. The van der Waals surface area contributed by atoms with Gasteiger partial charge in [0.25, 0.3) is 0 Å². The first-order valence-corrected chi connectivity index (χ1v) is 22.1. The number of nitrogens with zero attached hydrogens (tertiary/aromatic N) is 3. The Kier molecular flexibility index (Phi) is 16.2. The van der Waals surface area contributed by atoms with E-state index >= 15 is 0 Å². The molecule has 0 saturated carbocycles. The van der Waals surface area contributed by atoms with Crippen molar-refractivity contribution in [3.05, 3.63) is 83.3 Å². The molecule has 1 fully saturated rings. The number of rotatable bonds is 21. The van der Waals surface area contributed by atoms with E-state index in [1.807, 2.05) is 82.7 Å². The van der Waals surface area contributed by atoms with Crippen LogP contribution in [-0.2, 0) is 39.8 Å². The molecule has 1 aliphatic heterocycles. The number of H-pyrrole nitrogens is 1. The number of aryl methyl sites for hydroxylation is 2. The molecule has 332 valence electrons. The van der Waals surface area contributed by atoms with Crippen LogP contribution < -0.4 is 16.0 Å². The molecule has 0 spiro atoms. The Balaban J connectivity index is 0.825. The molecule has 0 bridgehead atoms. The van der Waals surface area contributed by atoms with Gasteiger partial charge in [-0.05, 0) is 54.5 Å². The number of nitrogens with one attached hydrogen (secondary N) is 4. The molecule has 4 amide bonds. The first-order valence-electron chi connectivity index (χ1n) is 21.2. The van der Waals surface area contributed by atoms with Crippen LogP contribution in [0.4, 0.5) is 0 Å². The SMILES string of the molecule is Cc1ncsc1-c1ccc(C(C)NC(=O)[C@@H]2C[C@@H](O)CN2C(=O)C(NC(=O)CCOCCOCCOCCNC(=O)CCc2ccc3c(c2)[nH]c2ccncc23)C(C)(C)C)cc1. The summed E-state index contributed by atoms with van der Waals surface area (Å²) in [5, 5.41) is 21.5. The smallest absolute Gasteiger partial charge is 0.246 e. The fourth-order valence-electron chi connectivity index (χ4n) is 7.51. The second-order valence-corrected chi connectivity index (χ2v) is 17.6. The van der Waals surface area contributed by atoms with Crippen molar-refractivity contribution >= 4 is 56.8 Å². The lowest BCUT2D eigenvalue weighted by atomic mass is 9.85. The van der Waals surface area contributed by atoms with Crippen molar-refractivity contribution < 1.29 is 38.5 Å². The van der Waals surface area contributed by atoms with Crippen LogP contribution in [0.2, 0.25) is 0 Å². The van der Waals surface area contributed by atoms with Gasteiger partial charge in [-0.2, -0.15) is 0 Å². The zero-order valence-corrected chi connectivity index (χ0v) is 37.0. The van der Waals surface area contributed by atoms with E-state index < -0.39 is 29.5 Å². The number of carbonyl (C=O) groups is 4. The minimum atomic E-state index is -0.933. The standard InChI is InChI=1S/C46H59N7O8S/c1-29(32-8-10-33(11-9-32)42-30(2)49-28-62-42)50-44(57)39-25-34(54)27-53(39)45(58)43(46(3,4)5)52-41(56)15-18-59-20-22-61-23-21-60-19-17-48-40(55)13-7-31-6-12-35-36-26-47-16-14-37(36)51-38(35)24-31/h6,8-12,14,16,24,26,28-29,34,39,43,51,54H,7,13,15,17-23,25,27H2,1-5H3,(H,48,55)(H,50,57)(H,52,56)/t29?,34-,39+,43?/m1/s1. The lowest BCUT2D eigenvalue weighted by Crippen LogP contribution is -2.58. The summed E-state index contributed by atoms with van der Waals surface area (Å²) in [6.07, 6.45) is 3.88. The first kappa shape index (κ1) is 46.2. The van der Waals surface area contributed by atoms with Crippen molar-refractivity contribution in [3.63, 3.8) is 0 Å². The highest BCUT2D eigenvalue weighted by Crippen LogP contribution is 2.30. The number of amides is 4. The Morgan fingerprint density at radius 3 is 2.34 bits per heavy atom. The number of benzene rings is 2. The third-order valence-electron chi connectivity index (χ3n) is 11.0. The molecule has 16 heteroatoms. The van der Waals surface area contributed by atoms with Crippen LogP contribution in [0.5, 0.6) is 0 Å². The number of hydrogen-bond acceptors (Lipinski definition) is 11. The molecular weight excluding hydrogens is 811 g/mol. The third-order valence-corrected chi connectivity index (χ3v) is 11.9. The van der Waals surface area contributed by atoms with Gasteiger partial charge in [-0.25, -0.2) is 4.98 Å². The second-order valence-electron chi connectivity index (χ2n) is 16.7. The quantitative estimate of drug-likeness (QED) is 0.0626. The predicted octanol–water partition coefficient (Wildman–Crippen LogP) is 5.01. The number of fused-ring (bicyclic) bond motifs is 3. The van der Waals surface area contributed by atoms with Crippen molar-refractivity contribution in [3.8, 4) is 10.4 Å². The van der Waals surface area contributed by atoms with E-state index in [-0.39, 0.29) is 56.4 Å². The number of aromatic amines is 1. The van der Waals surface area contributed by atoms with Gasteiger partial charge in [0, 0.05) is 66.6 Å². The average molecular weight is 870 g/mol. The average Bonchev–Trinajstić information content (AvgIpc) is 3.97. The van der Waals surface area contributed by atoms with Gasteiger partial charge in [0.2, 0.25) is 23.6 Å². The maximum absolute atomic E-state index is 14.0. The van der Waals surface area contributed by atoms with Crippen LogP contribution in [0.15, 0.2) is 66.4 Å². The molecule has 0 aliphatic carbocycles. The summed E-state index contributed by atoms with van der Waals surface area (Å²) < 4.78 is 16.7. The lowest BCUT2D eigenvalue weighted by molar-refractivity contribution is -0.144. The Morgan fingerprint density at radius 1 is 0.903 bits per heavy atom. The molecule has 5 N–H and O–H groups in total. The topological polar surface area (TPSA) is 197 Å². The summed E-state index contributed by atoms with van der Waals surface area (Å²) in [6, 6.07) is 13.9. The highest BCUT2D eigenvalue weighted by molar-refractivity contribution is 7.13. The van der Waals surface area contributed by atoms with Gasteiger partial charge in [0.15, 0.2) is 0 Å². The van der Waals surface area contributed by atoms with Crippen LogP contribution in [0, 0.1) is 12.3 Å². The van der Waals surface area contributed by atoms with Gasteiger partial charge < -0.3 is 45.2 Å². The van der Waals surface area contributed by atoms with E-state index in [1.54, 1.807) is 17.5 Å². The lowest BCUT2D eigenvalue weighted by Gasteiger charge is -2.35. The number of aromatic nitrogens is 3. The van der Waals surface area contributed by atoms with Gasteiger partial charge in [-0.1, -0.05) is 57.2 Å². The molecule has 15 nitrogen and oxygen atoms in total. The summed E-state index contributed by atoms with van der Waals surface area (Å²) in [5.41, 5.74) is 7.20. The minimum absolute atomic E-state index is 0.00832. The fourth-order valence-corrected chi connectivity index (χ4v) is 8.32. The molecule has 62 heavy (non-hydrogen) atoms. The van der Waals surface area contributed by atoms with E-state index in [0.717, 1.165) is 49.1 Å². The molecule has 3 aromatic heterocycles. The van der Waals surface area contributed by atoms with Crippen LogP contribution >= 0.6 is 11.3 Å². The number of hydrogen-bond donors (Lipinski definition) is 5. The van der Waals surface area contributed by atoms with E-state index in [4.69, 9.17) is 14.2 Å². The van der Waals surface area contributed by atoms with Crippen LogP contribution in [0.1, 0.15) is 69.8 Å². The number of carbonyl (C=O) groups excluding carboxylic acids is 4. The molecule has 4 atom stereocenters.